The van der Waals surface area contributed by atoms with Crippen LogP contribution in [0.1, 0.15) is 47.6 Å². The second kappa shape index (κ2) is 7.72. The Bertz CT molecular complexity index is 1150. The van der Waals surface area contributed by atoms with Gasteiger partial charge in [0.2, 0.25) is 0 Å². The van der Waals surface area contributed by atoms with Gasteiger partial charge >= 0.3 is 0 Å². The van der Waals surface area contributed by atoms with Gasteiger partial charge in [0, 0.05) is 29.3 Å². The average molecular weight is 421 g/mol. The number of nitrogens with one attached hydrogen (secondary N) is 1. The number of aromatic nitrogens is 2. The molecule has 1 aliphatic heterocycles. The number of nitrogens with zero attached hydrogens (tertiary/aromatic N) is 2. The third-order valence-electron chi connectivity index (χ3n) is 5.76. The Kier molecular flexibility index (Phi) is 4.88. The molecule has 7 heteroatoms. The fourth-order valence-electron chi connectivity index (χ4n) is 4.41. The third-order valence-corrected chi connectivity index (χ3v) is 5.76. The first-order valence-corrected chi connectivity index (χ1v) is 10.7. The minimum atomic E-state index is -0.304. The van der Waals surface area contributed by atoms with Gasteiger partial charge in [-0.3, -0.25) is 4.79 Å². The highest BCUT2D eigenvalue weighted by Crippen LogP contribution is 2.38. The second-order valence-corrected chi connectivity index (χ2v) is 7.99. The van der Waals surface area contributed by atoms with Crippen molar-refractivity contribution in [3.63, 3.8) is 0 Å². The molecular weight excluding hydrogens is 397 g/mol. The quantitative estimate of drug-likeness (QED) is 0.660. The van der Waals surface area contributed by atoms with Gasteiger partial charge in [-0.05, 0) is 63.4 Å². The van der Waals surface area contributed by atoms with Gasteiger partial charge in [-0.25, -0.2) is 9.07 Å². The lowest BCUT2D eigenvalue weighted by atomic mass is 10.1. The minimum Gasteiger partial charge on any atom is -0.492 e. The van der Waals surface area contributed by atoms with E-state index in [4.69, 9.17) is 9.47 Å². The fourth-order valence-corrected chi connectivity index (χ4v) is 4.41. The summed E-state index contributed by atoms with van der Waals surface area (Å²) in [7, 11) is 0. The lowest BCUT2D eigenvalue weighted by Gasteiger charge is -2.13. The Labute approximate surface area is 180 Å². The van der Waals surface area contributed by atoms with Crippen LogP contribution in [0.15, 0.2) is 36.4 Å². The molecule has 1 atom stereocenters. The number of hydrogen-bond donors (Lipinski definition) is 1. The van der Waals surface area contributed by atoms with Crippen molar-refractivity contribution < 1.29 is 18.7 Å². The molecule has 1 aromatic heterocycles. The summed E-state index contributed by atoms with van der Waals surface area (Å²) in [4.78, 5) is 13.3. The number of benzene rings is 2. The highest BCUT2D eigenvalue weighted by molar-refractivity contribution is 6.05. The zero-order valence-corrected chi connectivity index (χ0v) is 17.6. The molecule has 1 unspecified atom stereocenters. The van der Waals surface area contributed by atoms with E-state index in [1.54, 1.807) is 16.8 Å². The molecule has 0 bridgehead atoms. The Balaban J connectivity index is 1.49. The second-order valence-electron chi connectivity index (χ2n) is 7.99. The molecule has 2 heterocycles. The molecule has 2 aromatic carbocycles. The van der Waals surface area contributed by atoms with Crippen molar-refractivity contribution in [3.05, 3.63) is 64.7 Å². The molecule has 31 heavy (non-hydrogen) atoms. The standard InChI is InChI=1S/C24H24FN3O3/c1-3-30-22-12-15-11-14(2)31-21(15)13-19(22)26-24(29)23-18-5-4-6-20(18)28(27-23)17-9-7-16(25)8-10-17/h7-10,12-14H,3-6,11H2,1-2H3,(H,26,29). The van der Waals surface area contributed by atoms with Crippen molar-refractivity contribution >= 4 is 11.6 Å². The van der Waals surface area contributed by atoms with Gasteiger partial charge in [-0.2, -0.15) is 5.10 Å². The molecule has 0 fully saturated rings. The highest BCUT2D eigenvalue weighted by Gasteiger charge is 2.28. The zero-order chi connectivity index (χ0) is 21.5. The van der Waals surface area contributed by atoms with Crippen molar-refractivity contribution in [1.82, 2.24) is 9.78 Å². The van der Waals surface area contributed by atoms with Crippen LogP contribution < -0.4 is 14.8 Å². The van der Waals surface area contributed by atoms with Crippen LogP contribution in [0.5, 0.6) is 11.5 Å². The van der Waals surface area contributed by atoms with E-state index in [-0.39, 0.29) is 17.8 Å². The van der Waals surface area contributed by atoms with Crippen LogP contribution >= 0.6 is 0 Å². The van der Waals surface area contributed by atoms with E-state index in [2.05, 4.69) is 10.4 Å². The van der Waals surface area contributed by atoms with Crippen LogP contribution in [0.2, 0.25) is 0 Å². The molecule has 3 aromatic rings. The maximum absolute atomic E-state index is 13.4. The van der Waals surface area contributed by atoms with Crippen LogP contribution in [0.3, 0.4) is 0 Å². The molecule has 0 radical (unpaired) electrons. The number of anilines is 1. The molecule has 6 nitrogen and oxygen atoms in total. The first kappa shape index (κ1) is 19.6. The summed E-state index contributed by atoms with van der Waals surface area (Å²) in [6, 6.07) is 9.93. The number of ether oxygens (including phenoxy) is 2. The fraction of sp³-hybridized carbons (Fsp3) is 0.333. The molecule has 160 valence electrons. The van der Waals surface area contributed by atoms with E-state index in [0.717, 1.165) is 53.9 Å². The number of amides is 1. The number of carbonyl (C=O) groups excluding carboxylic acids is 1. The number of rotatable bonds is 5. The Morgan fingerprint density at radius 1 is 1.29 bits per heavy atom. The van der Waals surface area contributed by atoms with E-state index < -0.39 is 0 Å². The van der Waals surface area contributed by atoms with E-state index in [1.807, 2.05) is 26.0 Å². The topological polar surface area (TPSA) is 65.4 Å². The third kappa shape index (κ3) is 3.54. The Hall–Kier alpha value is -3.35. The summed E-state index contributed by atoms with van der Waals surface area (Å²) in [5.41, 5.74) is 4.75. The van der Waals surface area contributed by atoms with Crippen molar-refractivity contribution in [2.45, 2.75) is 45.6 Å². The highest BCUT2D eigenvalue weighted by atomic mass is 19.1. The van der Waals surface area contributed by atoms with Gasteiger partial charge in [-0.15, -0.1) is 0 Å². The van der Waals surface area contributed by atoms with Gasteiger partial charge in [0.25, 0.3) is 5.91 Å². The van der Waals surface area contributed by atoms with E-state index in [9.17, 15) is 9.18 Å². The Morgan fingerprint density at radius 3 is 2.87 bits per heavy atom. The summed E-state index contributed by atoms with van der Waals surface area (Å²) in [6.07, 6.45) is 3.51. The Morgan fingerprint density at radius 2 is 2.10 bits per heavy atom. The lowest BCUT2D eigenvalue weighted by Crippen LogP contribution is -2.16. The molecule has 1 amide bonds. The maximum Gasteiger partial charge on any atom is 0.276 e. The number of hydrogen-bond acceptors (Lipinski definition) is 4. The molecule has 0 saturated carbocycles. The average Bonchev–Trinajstić information content (AvgIpc) is 3.43. The van der Waals surface area contributed by atoms with Gasteiger partial charge in [0.1, 0.15) is 23.4 Å². The SMILES string of the molecule is CCOc1cc2c(cc1NC(=O)c1nn(-c3ccc(F)cc3)c3c1CCC3)OC(C)C2. The minimum absolute atomic E-state index is 0.102. The van der Waals surface area contributed by atoms with Crippen molar-refractivity contribution in [1.29, 1.82) is 0 Å². The van der Waals surface area contributed by atoms with Crippen molar-refractivity contribution in [2.24, 2.45) is 0 Å². The van der Waals surface area contributed by atoms with Crippen LogP contribution in [0, 0.1) is 5.82 Å². The zero-order valence-electron chi connectivity index (χ0n) is 17.6. The smallest absolute Gasteiger partial charge is 0.276 e. The summed E-state index contributed by atoms with van der Waals surface area (Å²) in [5, 5.41) is 7.58. The molecule has 0 spiro atoms. The molecule has 2 aliphatic rings. The molecule has 5 rings (SSSR count). The van der Waals surface area contributed by atoms with Crippen LogP contribution in [-0.4, -0.2) is 28.4 Å². The normalized spacial score (nSPS) is 16.5. The van der Waals surface area contributed by atoms with Gasteiger partial charge in [0.05, 0.1) is 18.0 Å². The van der Waals surface area contributed by atoms with E-state index in [0.29, 0.717) is 23.7 Å². The molecule has 1 aliphatic carbocycles. The van der Waals surface area contributed by atoms with E-state index >= 15 is 0 Å². The number of fused-ring (bicyclic) bond motifs is 2. The summed E-state index contributed by atoms with van der Waals surface area (Å²) in [6.45, 7) is 4.42. The number of halogens is 1. The molecule has 0 saturated heterocycles. The van der Waals surface area contributed by atoms with Gasteiger partial charge < -0.3 is 14.8 Å². The number of carbonyl (C=O) groups is 1. The summed E-state index contributed by atoms with van der Waals surface area (Å²) >= 11 is 0. The monoisotopic (exact) mass is 421 g/mol. The van der Waals surface area contributed by atoms with Crippen LogP contribution in [0.4, 0.5) is 10.1 Å². The summed E-state index contributed by atoms with van der Waals surface area (Å²) < 4.78 is 26.8. The van der Waals surface area contributed by atoms with Gasteiger partial charge in [-0.1, -0.05) is 0 Å². The maximum atomic E-state index is 13.4. The first-order valence-electron chi connectivity index (χ1n) is 10.7. The van der Waals surface area contributed by atoms with Crippen LogP contribution in [0.25, 0.3) is 5.69 Å². The largest absolute Gasteiger partial charge is 0.492 e. The lowest BCUT2D eigenvalue weighted by molar-refractivity contribution is 0.102. The molecule has 1 N–H and O–H groups in total. The van der Waals surface area contributed by atoms with Crippen molar-refractivity contribution in [3.8, 4) is 17.2 Å². The summed E-state index contributed by atoms with van der Waals surface area (Å²) in [5.74, 6) is 0.809. The van der Waals surface area contributed by atoms with Crippen molar-refractivity contribution in [2.75, 3.05) is 11.9 Å². The molecular formula is C24H24FN3O3. The first-order chi connectivity index (χ1) is 15.0. The van der Waals surface area contributed by atoms with E-state index in [1.165, 1.54) is 12.1 Å². The van der Waals surface area contributed by atoms with Crippen LogP contribution in [-0.2, 0) is 19.3 Å². The predicted molar refractivity (Wildman–Crippen MR) is 115 cm³/mol. The van der Waals surface area contributed by atoms with Gasteiger partial charge in [0.15, 0.2) is 5.69 Å². The predicted octanol–water partition coefficient (Wildman–Crippen LogP) is 4.47.